The summed E-state index contributed by atoms with van der Waals surface area (Å²) in [5.41, 5.74) is -1.09. The van der Waals surface area contributed by atoms with Crippen molar-refractivity contribution in [2.24, 2.45) is 23.7 Å². The van der Waals surface area contributed by atoms with Crippen LogP contribution in [0.3, 0.4) is 0 Å². The van der Waals surface area contributed by atoms with Crippen molar-refractivity contribution >= 4 is 17.5 Å². The molecule has 0 aromatic rings. The summed E-state index contributed by atoms with van der Waals surface area (Å²) >= 11 is 0. The van der Waals surface area contributed by atoms with Crippen LogP contribution in [0.1, 0.15) is 46.5 Å². The predicted octanol–water partition coefficient (Wildman–Crippen LogP) is 1.55. The fourth-order valence-electron chi connectivity index (χ4n) is 5.19. The lowest BCUT2D eigenvalue weighted by Gasteiger charge is -2.55. The van der Waals surface area contributed by atoms with Gasteiger partial charge in [0, 0.05) is 30.6 Å². The maximum Gasteiger partial charge on any atom is 0.346 e. The molecule has 3 fully saturated rings. The highest BCUT2D eigenvalue weighted by Gasteiger charge is 2.67. The average molecular weight is 348 g/mol. The van der Waals surface area contributed by atoms with Gasteiger partial charge in [-0.1, -0.05) is 20.8 Å². The van der Waals surface area contributed by atoms with Gasteiger partial charge in [-0.2, -0.15) is 0 Å². The van der Waals surface area contributed by atoms with Gasteiger partial charge in [0.1, 0.15) is 17.5 Å². The zero-order valence-corrected chi connectivity index (χ0v) is 14.8. The van der Waals surface area contributed by atoms with Gasteiger partial charge in [0.15, 0.2) is 17.1 Å². The number of ketones is 2. The number of fused-ring (bicyclic) bond motifs is 1. The molecule has 6 heteroatoms. The van der Waals surface area contributed by atoms with Crippen LogP contribution >= 0.6 is 0 Å². The number of rotatable bonds is 0. The molecule has 25 heavy (non-hydrogen) atoms. The maximum absolute atomic E-state index is 12.9. The summed E-state index contributed by atoms with van der Waals surface area (Å²) in [5, 5.41) is 10.8. The molecule has 5 rings (SSSR count). The summed E-state index contributed by atoms with van der Waals surface area (Å²) in [7, 11) is 0. The number of ether oxygens (including phenoxy) is 2. The van der Waals surface area contributed by atoms with E-state index in [0.29, 0.717) is 31.4 Å². The highest BCUT2D eigenvalue weighted by atomic mass is 16.6. The Morgan fingerprint density at radius 2 is 1.84 bits per heavy atom. The summed E-state index contributed by atoms with van der Waals surface area (Å²) in [4.78, 5) is 38.0. The summed E-state index contributed by atoms with van der Waals surface area (Å²) in [6, 6.07) is 0. The van der Waals surface area contributed by atoms with Gasteiger partial charge >= 0.3 is 5.97 Å². The van der Waals surface area contributed by atoms with Crippen molar-refractivity contribution in [3.05, 3.63) is 11.3 Å². The van der Waals surface area contributed by atoms with Crippen LogP contribution in [0.2, 0.25) is 0 Å². The van der Waals surface area contributed by atoms with E-state index in [-0.39, 0.29) is 29.0 Å². The summed E-state index contributed by atoms with van der Waals surface area (Å²) in [5.74, 6) is -1.64. The molecule has 0 unspecified atom stereocenters. The minimum Gasteiger partial charge on any atom is -0.486 e. The molecule has 1 N–H and O–H groups in total. The van der Waals surface area contributed by atoms with Gasteiger partial charge in [-0.3, -0.25) is 9.59 Å². The van der Waals surface area contributed by atoms with E-state index < -0.39 is 35.6 Å². The number of Topliss-reactive ketones (excluding diaryl/α,β-unsaturated/α-hetero) is 2. The molecule has 0 radical (unpaired) electrons. The van der Waals surface area contributed by atoms with Crippen LogP contribution in [0.5, 0.6) is 0 Å². The molecule has 3 heterocycles. The van der Waals surface area contributed by atoms with Crippen LogP contribution in [0.4, 0.5) is 0 Å². The molecule has 0 aromatic heterocycles. The Morgan fingerprint density at radius 3 is 2.56 bits per heavy atom. The fourth-order valence-corrected chi connectivity index (χ4v) is 5.19. The van der Waals surface area contributed by atoms with E-state index in [9.17, 15) is 19.5 Å². The second kappa shape index (κ2) is 5.40. The molecule has 0 aromatic carbocycles. The minimum absolute atomic E-state index is 0.00264. The van der Waals surface area contributed by atoms with Crippen LogP contribution in [0.25, 0.3) is 0 Å². The topological polar surface area (TPSA) is 89.9 Å². The Hall–Kier alpha value is -1.69. The first-order valence-corrected chi connectivity index (χ1v) is 9.16. The van der Waals surface area contributed by atoms with Crippen LogP contribution in [-0.2, 0) is 23.9 Å². The van der Waals surface area contributed by atoms with Gasteiger partial charge in [0.25, 0.3) is 0 Å². The summed E-state index contributed by atoms with van der Waals surface area (Å²) in [6.45, 7) is 5.51. The third-order valence-electron chi connectivity index (χ3n) is 6.53. The first-order valence-electron chi connectivity index (χ1n) is 9.16. The molecule has 6 nitrogen and oxygen atoms in total. The normalized spacial score (nSPS) is 46.6. The number of aliphatic hydroxyl groups is 1. The molecule has 2 aliphatic carbocycles. The number of hydrogen-bond acceptors (Lipinski definition) is 6. The van der Waals surface area contributed by atoms with E-state index in [1.807, 2.05) is 13.8 Å². The standard InChI is InChI=1S/C19H24O6/c1-8-6-9(2)14(21)13-17-19(25-18(13)23)7-10(3)16(24-17)15(22)11(19)4-5-12(8)20/h8-11,15-16,22H,4-7H2,1-3H3/t8-,9+,10+,11+,15+,16-,19+/m0/s1. The molecule has 1 saturated carbocycles. The molecule has 136 valence electrons. The van der Waals surface area contributed by atoms with Crippen molar-refractivity contribution in [3.8, 4) is 0 Å². The molecule has 2 saturated heterocycles. The van der Waals surface area contributed by atoms with Crippen LogP contribution < -0.4 is 0 Å². The Balaban J connectivity index is 1.87. The highest BCUT2D eigenvalue weighted by Crippen LogP contribution is 2.57. The van der Waals surface area contributed by atoms with Crippen molar-refractivity contribution in [1.82, 2.24) is 0 Å². The van der Waals surface area contributed by atoms with E-state index in [1.54, 1.807) is 6.92 Å². The lowest BCUT2D eigenvalue weighted by Crippen LogP contribution is -2.63. The maximum atomic E-state index is 12.9. The van der Waals surface area contributed by atoms with E-state index in [0.717, 1.165) is 0 Å². The van der Waals surface area contributed by atoms with E-state index in [2.05, 4.69) is 0 Å². The number of hydrogen-bond donors (Lipinski definition) is 1. The number of carbonyl (C=O) groups excluding carboxylic acids is 3. The van der Waals surface area contributed by atoms with Gasteiger partial charge in [0.2, 0.25) is 0 Å². The zero-order valence-electron chi connectivity index (χ0n) is 14.8. The number of esters is 1. The Bertz CT molecular complexity index is 694. The van der Waals surface area contributed by atoms with Gasteiger partial charge in [0.05, 0.1) is 6.10 Å². The second-order valence-electron chi connectivity index (χ2n) is 8.25. The van der Waals surface area contributed by atoms with Crippen LogP contribution in [-0.4, -0.2) is 40.5 Å². The SMILES string of the molecule is C[C@@H]1C[C@H](C)C(=O)CC[C@@H]2[C@@H](O)[C@H]3OC4=C(C(=O)O[C@@]42C[C@H]3C)C1=O. The van der Waals surface area contributed by atoms with Gasteiger partial charge in [-0.25, -0.2) is 4.79 Å². The first kappa shape index (κ1) is 16.8. The van der Waals surface area contributed by atoms with E-state index >= 15 is 0 Å². The van der Waals surface area contributed by atoms with Crippen molar-refractivity contribution in [2.75, 3.05) is 0 Å². The van der Waals surface area contributed by atoms with Crippen molar-refractivity contribution in [3.63, 3.8) is 0 Å². The van der Waals surface area contributed by atoms with E-state index in [4.69, 9.17) is 9.47 Å². The Morgan fingerprint density at radius 1 is 1.12 bits per heavy atom. The molecule has 1 spiro atoms. The van der Waals surface area contributed by atoms with E-state index in [1.165, 1.54) is 0 Å². The lowest BCUT2D eigenvalue weighted by atomic mass is 9.63. The molecule has 5 aliphatic rings. The Labute approximate surface area is 146 Å². The molecule has 3 aliphatic heterocycles. The average Bonchev–Trinajstić information content (AvgIpc) is 2.83. The smallest absolute Gasteiger partial charge is 0.346 e. The molecular weight excluding hydrogens is 324 g/mol. The fraction of sp³-hybridized carbons (Fsp3) is 0.737. The lowest BCUT2D eigenvalue weighted by molar-refractivity contribution is -0.232. The summed E-state index contributed by atoms with van der Waals surface area (Å²) in [6.07, 6.45) is 0.395. The van der Waals surface area contributed by atoms with Crippen molar-refractivity contribution in [2.45, 2.75) is 64.3 Å². The van der Waals surface area contributed by atoms with Gasteiger partial charge in [-0.05, 0) is 18.8 Å². The van der Waals surface area contributed by atoms with Crippen molar-refractivity contribution < 1.29 is 29.0 Å². The highest BCUT2D eigenvalue weighted by molar-refractivity contribution is 6.20. The quantitative estimate of drug-likeness (QED) is 0.528. The van der Waals surface area contributed by atoms with Gasteiger partial charge < -0.3 is 14.6 Å². The molecular formula is C19H24O6. The zero-order chi connectivity index (χ0) is 18.1. The number of aliphatic hydroxyl groups excluding tert-OH is 1. The monoisotopic (exact) mass is 348 g/mol. The summed E-state index contributed by atoms with van der Waals surface area (Å²) < 4.78 is 11.7. The molecule has 0 amide bonds. The largest absolute Gasteiger partial charge is 0.486 e. The third kappa shape index (κ3) is 2.16. The van der Waals surface area contributed by atoms with Crippen molar-refractivity contribution in [1.29, 1.82) is 0 Å². The van der Waals surface area contributed by atoms with Gasteiger partial charge in [-0.15, -0.1) is 0 Å². The number of carbonyl (C=O) groups is 3. The Kier molecular flexibility index (Phi) is 3.62. The molecule has 7 atom stereocenters. The third-order valence-corrected chi connectivity index (χ3v) is 6.53. The molecule has 5 bridgehead atoms. The van der Waals surface area contributed by atoms with Crippen LogP contribution in [0, 0.1) is 23.7 Å². The van der Waals surface area contributed by atoms with Crippen LogP contribution in [0.15, 0.2) is 11.3 Å². The second-order valence-corrected chi connectivity index (χ2v) is 8.25. The first-order chi connectivity index (χ1) is 11.8. The predicted molar refractivity (Wildman–Crippen MR) is 86.2 cm³/mol. The minimum atomic E-state index is -1.09.